The molecular formula is C12H12N2NaO10S3. The average molecular weight is 463 g/mol. The number of nitrogens with one attached hydrogen (secondary N) is 1. The Kier molecular flexibility index (Phi) is 7.39. The van der Waals surface area contributed by atoms with Gasteiger partial charge in [0.2, 0.25) is 5.91 Å². The SMILES string of the molecule is NCC(=O)Nc1ccc(S(=O)(=O)O)c2cc(S(=O)(=O)O)cc(S(=O)(=O)O)c12.[Na]. The number of hydrogen-bond donors (Lipinski definition) is 5. The first kappa shape index (κ1) is 24.9. The quantitative estimate of drug-likeness (QED) is 0.270. The Morgan fingerprint density at radius 2 is 1.43 bits per heavy atom. The number of benzene rings is 2. The number of amides is 1. The van der Waals surface area contributed by atoms with Crippen LogP contribution in [0.1, 0.15) is 0 Å². The van der Waals surface area contributed by atoms with Crippen LogP contribution in [0.3, 0.4) is 0 Å². The summed E-state index contributed by atoms with van der Waals surface area (Å²) in [4.78, 5) is 8.40. The fraction of sp³-hybridized carbons (Fsp3) is 0.0833. The molecule has 0 saturated heterocycles. The zero-order valence-electron chi connectivity index (χ0n) is 14.0. The van der Waals surface area contributed by atoms with Gasteiger partial charge in [-0.3, -0.25) is 18.5 Å². The minimum Gasteiger partial charge on any atom is -0.324 e. The third kappa shape index (κ3) is 5.26. The molecular weight excluding hydrogens is 451 g/mol. The average Bonchev–Trinajstić information content (AvgIpc) is 2.50. The standard InChI is InChI=1S/C12H12N2O10S3.Na/c13-5-11(15)14-8-1-2-9(26(19,20)21)7-3-6(25(16,17)18)4-10(12(7)8)27(22,23)24;/h1-4H,5,13H2,(H,14,15)(H,16,17,18)(H,19,20,21)(H,22,23,24);. The van der Waals surface area contributed by atoms with Gasteiger partial charge in [-0.1, -0.05) is 0 Å². The molecule has 149 valence electrons. The van der Waals surface area contributed by atoms with Gasteiger partial charge >= 0.3 is 0 Å². The minimum absolute atomic E-state index is 0. The van der Waals surface area contributed by atoms with Crippen LogP contribution in [0.25, 0.3) is 10.8 Å². The number of fused-ring (bicyclic) bond motifs is 1. The summed E-state index contributed by atoms with van der Waals surface area (Å²) < 4.78 is 97.4. The van der Waals surface area contributed by atoms with E-state index in [0.29, 0.717) is 12.1 Å². The molecule has 0 bridgehead atoms. The molecule has 0 saturated carbocycles. The molecule has 0 unspecified atom stereocenters. The Bertz CT molecular complexity index is 1270. The van der Waals surface area contributed by atoms with Crippen LogP contribution >= 0.6 is 0 Å². The monoisotopic (exact) mass is 463 g/mol. The number of nitrogens with two attached hydrogens (primary N) is 1. The third-order valence-electron chi connectivity index (χ3n) is 3.33. The van der Waals surface area contributed by atoms with Crippen molar-refractivity contribution in [2.24, 2.45) is 5.73 Å². The largest absolute Gasteiger partial charge is 0.324 e. The molecule has 1 radical (unpaired) electrons. The number of carbonyl (C=O) groups is 1. The number of carbonyl (C=O) groups excluding carboxylic acids is 1. The topological polar surface area (TPSA) is 218 Å². The molecule has 16 heteroatoms. The van der Waals surface area contributed by atoms with Crippen molar-refractivity contribution in [2.75, 3.05) is 11.9 Å². The van der Waals surface area contributed by atoms with E-state index in [0.717, 1.165) is 12.1 Å². The van der Waals surface area contributed by atoms with Crippen molar-refractivity contribution >= 4 is 82.3 Å². The molecule has 12 nitrogen and oxygen atoms in total. The second-order valence-electron chi connectivity index (χ2n) is 5.13. The van der Waals surface area contributed by atoms with Crippen molar-refractivity contribution in [3.05, 3.63) is 24.3 Å². The Morgan fingerprint density at radius 3 is 1.86 bits per heavy atom. The third-order valence-corrected chi connectivity index (χ3v) is 5.95. The van der Waals surface area contributed by atoms with Crippen molar-refractivity contribution < 1.29 is 43.7 Å². The molecule has 0 heterocycles. The van der Waals surface area contributed by atoms with Gasteiger partial charge in [0.1, 0.15) is 9.79 Å². The van der Waals surface area contributed by atoms with E-state index < -0.39 is 68.3 Å². The fourth-order valence-corrected chi connectivity index (χ4v) is 4.32. The van der Waals surface area contributed by atoms with E-state index in [9.17, 15) is 43.7 Å². The molecule has 6 N–H and O–H groups in total. The van der Waals surface area contributed by atoms with E-state index in [1.54, 1.807) is 0 Å². The first-order valence-electron chi connectivity index (χ1n) is 6.69. The van der Waals surface area contributed by atoms with E-state index in [-0.39, 0.29) is 35.2 Å². The summed E-state index contributed by atoms with van der Waals surface area (Å²) in [5.74, 6) is -0.823. The van der Waals surface area contributed by atoms with Gasteiger partial charge in [0.25, 0.3) is 30.4 Å². The molecule has 28 heavy (non-hydrogen) atoms. The molecule has 1 amide bonds. The zero-order chi connectivity index (χ0) is 20.8. The van der Waals surface area contributed by atoms with Gasteiger partial charge in [-0.05, 0) is 24.3 Å². The van der Waals surface area contributed by atoms with Crippen LogP contribution in [0, 0.1) is 0 Å². The van der Waals surface area contributed by atoms with Gasteiger partial charge < -0.3 is 11.1 Å². The predicted molar refractivity (Wildman–Crippen MR) is 96.8 cm³/mol. The number of rotatable bonds is 5. The maximum absolute atomic E-state index is 11.7. The summed E-state index contributed by atoms with van der Waals surface area (Å²) in [5.41, 5.74) is 4.80. The summed E-state index contributed by atoms with van der Waals surface area (Å²) in [6.45, 7) is -0.536. The second-order valence-corrected chi connectivity index (χ2v) is 9.33. The van der Waals surface area contributed by atoms with Crippen LogP contribution in [-0.2, 0) is 35.1 Å². The number of anilines is 1. The van der Waals surface area contributed by atoms with Gasteiger partial charge in [-0.2, -0.15) is 25.3 Å². The molecule has 0 aliphatic rings. The normalized spacial score (nSPS) is 12.4. The van der Waals surface area contributed by atoms with E-state index in [2.05, 4.69) is 5.32 Å². The number of hydrogen-bond acceptors (Lipinski definition) is 8. The molecule has 0 aromatic heterocycles. The Hall–Kier alpha value is -1.14. The Morgan fingerprint density at radius 1 is 0.893 bits per heavy atom. The van der Waals surface area contributed by atoms with Gasteiger partial charge in [0.05, 0.1) is 17.1 Å². The zero-order valence-corrected chi connectivity index (χ0v) is 18.5. The van der Waals surface area contributed by atoms with Gasteiger partial charge in [0.15, 0.2) is 0 Å². The first-order valence-corrected chi connectivity index (χ1v) is 11.0. The van der Waals surface area contributed by atoms with Crippen LogP contribution in [0.5, 0.6) is 0 Å². The van der Waals surface area contributed by atoms with Crippen LogP contribution in [-0.4, -0.2) is 80.9 Å². The molecule has 2 rings (SSSR count). The van der Waals surface area contributed by atoms with Crippen LogP contribution in [0.2, 0.25) is 0 Å². The molecule has 2 aromatic carbocycles. The summed E-state index contributed by atoms with van der Waals surface area (Å²) in [5, 5.41) is 0.834. The van der Waals surface area contributed by atoms with Crippen LogP contribution in [0.15, 0.2) is 39.0 Å². The van der Waals surface area contributed by atoms with Crippen LogP contribution < -0.4 is 11.1 Å². The van der Waals surface area contributed by atoms with Crippen molar-refractivity contribution in [3.8, 4) is 0 Å². The summed E-state index contributed by atoms with van der Waals surface area (Å²) in [6, 6.07) is 2.57. The Labute approximate surface area is 181 Å². The smallest absolute Gasteiger partial charge is 0.295 e. The van der Waals surface area contributed by atoms with E-state index in [1.807, 2.05) is 0 Å². The second kappa shape index (κ2) is 8.31. The predicted octanol–water partition coefficient (Wildman–Crippen LogP) is -0.904. The van der Waals surface area contributed by atoms with Crippen molar-refractivity contribution in [1.29, 1.82) is 0 Å². The van der Waals surface area contributed by atoms with Crippen molar-refractivity contribution in [2.45, 2.75) is 14.7 Å². The minimum atomic E-state index is -5.17. The molecule has 2 aromatic rings. The van der Waals surface area contributed by atoms with Crippen LogP contribution in [0.4, 0.5) is 5.69 Å². The maximum Gasteiger partial charge on any atom is 0.295 e. The van der Waals surface area contributed by atoms with Gasteiger partial charge in [0, 0.05) is 40.3 Å². The van der Waals surface area contributed by atoms with Crippen molar-refractivity contribution in [1.82, 2.24) is 0 Å². The van der Waals surface area contributed by atoms with E-state index >= 15 is 0 Å². The summed E-state index contributed by atoms with van der Waals surface area (Å²) in [7, 11) is -15.2. The van der Waals surface area contributed by atoms with Crippen molar-refractivity contribution in [3.63, 3.8) is 0 Å². The molecule has 0 aliphatic heterocycles. The first-order chi connectivity index (χ1) is 12.2. The maximum atomic E-state index is 11.7. The van der Waals surface area contributed by atoms with E-state index in [1.165, 1.54) is 0 Å². The van der Waals surface area contributed by atoms with Gasteiger partial charge in [-0.25, -0.2) is 0 Å². The molecule has 0 fully saturated rings. The van der Waals surface area contributed by atoms with Gasteiger partial charge in [-0.15, -0.1) is 0 Å². The Balaban J connectivity index is 0.00000392. The summed E-state index contributed by atoms with van der Waals surface area (Å²) >= 11 is 0. The molecule has 0 spiro atoms. The fourth-order valence-electron chi connectivity index (χ4n) is 2.28. The molecule has 0 atom stereocenters. The summed E-state index contributed by atoms with van der Waals surface area (Å²) in [6.07, 6.45) is 0. The molecule has 0 aliphatic carbocycles. The van der Waals surface area contributed by atoms with E-state index in [4.69, 9.17) is 5.73 Å².